The van der Waals surface area contributed by atoms with Crippen molar-refractivity contribution in [1.82, 2.24) is 0 Å². The van der Waals surface area contributed by atoms with Crippen LogP contribution in [0.4, 0.5) is 0 Å². The van der Waals surface area contributed by atoms with Crippen molar-refractivity contribution in [2.24, 2.45) is 5.92 Å². The Bertz CT molecular complexity index is 506. The largest absolute Gasteiger partial charge is 0.748 e. The summed E-state index contributed by atoms with van der Waals surface area (Å²) in [6, 6.07) is 0. The van der Waals surface area contributed by atoms with Gasteiger partial charge in [-0.05, 0) is 25.7 Å². The molecule has 0 saturated heterocycles. The van der Waals surface area contributed by atoms with Crippen LogP contribution in [0.5, 0.6) is 0 Å². The maximum Gasteiger partial charge on any atom is 0.268 e. The monoisotopic (exact) mass is 315 g/mol. The summed E-state index contributed by atoms with van der Waals surface area (Å²) < 4.78 is 63.0. The van der Waals surface area contributed by atoms with Crippen LogP contribution < -0.4 is 0 Å². The minimum Gasteiger partial charge on any atom is -0.748 e. The highest BCUT2D eigenvalue weighted by atomic mass is 32.2. The standard InChI is InChI=1S/C10H20O7S2/c1-8(2)9(18(12,13)14)4-5-10(3,6-7-11)19(15,16)17/h7-9H,4-6H2,1-3H3,(H,12,13,14)(H,15,16,17)/p-1. The molecule has 0 heterocycles. The molecule has 0 fully saturated rings. The number of hydrogen-bond donors (Lipinski definition) is 1. The molecule has 2 atom stereocenters. The van der Waals surface area contributed by atoms with E-state index in [-0.39, 0.29) is 12.8 Å². The average Bonchev–Trinajstić information content (AvgIpc) is 2.13. The first-order valence-electron chi connectivity index (χ1n) is 5.70. The first kappa shape index (κ1) is 18.5. The van der Waals surface area contributed by atoms with E-state index in [1.165, 1.54) is 0 Å². The van der Waals surface area contributed by atoms with Crippen LogP contribution in [0.25, 0.3) is 0 Å². The summed E-state index contributed by atoms with van der Waals surface area (Å²) in [5, 5.41) is -1.17. The van der Waals surface area contributed by atoms with Crippen LogP contribution in [0.3, 0.4) is 0 Å². The highest BCUT2D eigenvalue weighted by Crippen LogP contribution is 2.29. The second-order valence-electron chi connectivity index (χ2n) is 5.11. The topological polar surface area (TPSA) is 129 Å². The molecule has 114 valence electrons. The summed E-state index contributed by atoms with van der Waals surface area (Å²) in [5.41, 5.74) is 0. The van der Waals surface area contributed by atoms with E-state index in [4.69, 9.17) is 4.55 Å². The fourth-order valence-corrected chi connectivity index (χ4v) is 3.52. The predicted molar refractivity (Wildman–Crippen MR) is 68.2 cm³/mol. The van der Waals surface area contributed by atoms with Crippen molar-refractivity contribution in [2.45, 2.75) is 50.0 Å². The number of hydrogen-bond acceptors (Lipinski definition) is 6. The van der Waals surface area contributed by atoms with Crippen molar-refractivity contribution in [3.63, 3.8) is 0 Å². The Morgan fingerprint density at radius 2 is 1.74 bits per heavy atom. The molecule has 0 spiro atoms. The molecule has 0 aliphatic heterocycles. The predicted octanol–water partition coefficient (Wildman–Crippen LogP) is 0.572. The van der Waals surface area contributed by atoms with E-state index < -0.39 is 42.6 Å². The molecule has 0 aliphatic carbocycles. The van der Waals surface area contributed by atoms with Gasteiger partial charge in [-0.15, -0.1) is 0 Å². The molecule has 0 radical (unpaired) electrons. The summed E-state index contributed by atoms with van der Waals surface area (Å²) in [6.07, 6.45) is -0.703. The third kappa shape index (κ3) is 5.17. The molecule has 0 bridgehead atoms. The van der Waals surface area contributed by atoms with E-state index in [9.17, 15) is 26.2 Å². The molecule has 0 rings (SSSR count). The Labute approximate surface area is 113 Å². The first-order valence-corrected chi connectivity index (χ1v) is 8.61. The number of carbonyl (C=O) groups excluding carboxylic acids is 1. The van der Waals surface area contributed by atoms with Gasteiger partial charge in [0.15, 0.2) is 0 Å². The van der Waals surface area contributed by atoms with Crippen molar-refractivity contribution in [3.05, 3.63) is 0 Å². The first-order chi connectivity index (χ1) is 8.35. The van der Waals surface area contributed by atoms with Crippen LogP contribution in [0.15, 0.2) is 0 Å². The lowest BCUT2D eigenvalue weighted by molar-refractivity contribution is -0.108. The van der Waals surface area contributed by atoms with Gasteiger partial charge in [0, 0.05) is 6.42 Å². The summed E-state index contributed by atoms with van der Waals surface area (Å²) in [4.78, 5) is 10.5. The normalized spacial score (nSPS) is 18.0. The summed E-state index contributed by atoms with van der Waals surface area (Å²) in [6.45, 7) is 4.22. The van der Waals surface area contributed by atoms with Gasteiger partial charge in [-0.2, -0.15) is 8.42 Å². The Morgan fingerprint density at radius 3 is 2.00 bits per heavy atom. The quantitative estimate of drug-likeness (QED) is 0.512. The molecular formula is C10H19O7S2-. The zero-order chi connectivity index (χ0) is 15.5. The third-order valence-corrected chi connectivity index (χ3v) is 6.33. The molecule has 1 N–H and O–H groups in total. The fourth-order valence-electron chi connectivity index (χ4n) is 1.78. The van der Waals surface area contributed by atoms with E-state index in [1.807, 2.05) is 0 Å². The van der Waals surface area contributed by atoms with Crippen LogP contribution in [0.1, 0.15) is 40.0 Å². The van der Waals surface area contributed by atoms with Gasteiger partial charge >= 0.3 is 0 Å². The van der Waals surface area contributed by atoms with E-state index in [0.29, 0.717) is 6.29 Å². The van der Waals surface area contributed by atoms with Crippen molar-refractivity contribution in [2.75, 3.05) is 0 Å². The minimum absolute atomic E-state index is 0.206. The van der Waals surface area contributed by atoms with Crippen LogP contribution in [0.2, 0.25) is 0 Å². The molecule has 0 saturated carbocycles. The van der Waals surface area contributed by atoms with E-state index in [2.05, 4.69) is 0 Å². The lowest BCUT2D eigenvalue weighted by Crippen LogP contribution is -2.38. The molecular weight excluding hydrogens is 296 g/mol. The van der Waals surface area contributed by atoms with Crippen molar-refractivity contribution in [3.8, 4) is 0 Å². The van der Waals surface area contributed by atoms with E-state index in [0.717, 1.165) is 6.92 Å². The van der Waals surface area contributed by atoms with Crippen molar-refractivity contribution < 1.29 is 30.7 Å². The maximum absolute atomic E-state index is 11.2. The van der Waals surface area contributed by atoms with Gasteiger partial charge in [0.25, 0.3) is 10.1 Å². The molecule has 9 heteroatoms. The Hall–Kier alpha value is -0.510. The third-order valence-electron chi connectivity index (χ3n) is 3.20. The Kier molecular flexibility index (Phi) is 6.12. The van der Waals surface area contributed by atoms with Crippen molar-refractivity contribution >= 4 is 26.5 Å². The van der Waals surface area contributed by atoms with Gasteiger partial charge in [0.1, 0.15) is 16.4 Å². The number of carbonyl (C=O) groups is 1. The highest BCUT2D eigenvalue weighted by Gasteiger charge is 2.35. The molecule has 0 aromatic heterocycles. The summed E-state index contributed by atoms with van der Waals surface area (Å²) in [7, 11) is -9.08. The van der Waals surface area contributed by atoms with E-state index >= 15 is 0 Å². The van der Waals surface area contributed by atoms with Crippen LogP contribution in [-0.2, 0) is 25.0 Å². The summed E-state index contributed by atoms with van der Waals surface area (Å²) in [5.74, 6) is -0.440. The van der Waals surface area contributed by atoms with Gasteiger partial charge in [0.2, 0.25) is 0 Å². The molecule has 0 aromatic rings. The summed E-state index contributed by atoms with van der Waals surface area (Å²) >= 11 is 0. The molecule has 19 heavy (non-hydrogen) atoms. The second kappa shape index (κ2) is 6.29. The molecule has 7 nitrogen and oxygen atoms in total. The van der Waals surface area contributed by atoms with Crippen molar-refractivity contribution in [1.29, 1.82) is 0 Å². The lowest BCUT2D eigenvalue weighted by Gasteiger charge is -2.32. The van der Waals surface area contributed by atoms with Gasteiger partial charge in [-0.3, -0.25) is 4.55 Å². The average molecular weight is 315 g/mol. The lowest BCUT2D eigenvalue weighted by atomic mass is 9.96. The van der Waals surface area contributed by atoms with Gasteiger partial charge in [-0.25, -0.2) is 8.42 Å². The molecule has 2 unspecified atom stereocenters. The highest BCUT2D eigenvalue weighted by molar-refractivity contribution is 7.87. The van der Waals surface area contributed by atoms with Crippen LogP contribution in [-0.4, -0.2) is 42.2 Å². The Morgan fingerprint density at radius 1 is 1.26 bits per heavy atom. The second-order valence-corrected chi connectivity index (χ2v) is 8.64. The SMILES string of the molecule is CC(C)C(CCC(C)(CC=O)S(=O)(=O)[O-])S(=O)(=O)O. The Balaban J connectivity index is 5.16. The van der Waals surface area contributed by atoms with Crippen LogP contribution in [0, 0.1) is 5.92 Å². The molecule has 0 amide bonds. The number of rotatable bonds is 8. The maximum atomic E-state index is 11.2. The van der Waals surface area contributed by atoms with Gasteiger partial charge in [-0.1, -0.05) is 13.8 Å². The number of aldehydes is 1. The zero-order valence-electron chi connectivity index (χ0n) is 11.1. The fraction of sp³-hybridized carbons (Fsp3) is 0.900. The molecule has 0 aliphatic rings. The van der Waals surface area contributed by atoms with Gasteiger partial charge < -0.3 is 9.35 Å². The zero-order valence-corrected chi connectivity index (χ0v) is 12.7. The van der Waals surface area contributed by atoms with E-state index in [1.54, 1.807) is 13.8 Å². The molecule has 0 aromatic carbocycles. The smallest absolute Gasteiger partial charge is 0.268 e. The van der Waals surface area contributed by atoms with Gasteiger partial charge in [0.05, 0.1) is 10.00 Å². The van der Waals surface area contributed by atoms with Crippen LogP contribution >= 0.6 is 0 Å². The minimum atomic E-state index is -4.75.